The van der Waals surface area contributed by atoms with Gasteiger partial charge in [-0.2, -0.15) is 0 Å². The fourth-order valence-corrected chi connectivity index (χ4v) is 4.22. The third kappa shape index (κ3) is 3.29. The molecule has 1 heterocycles. The summed E-state index contributed by atoms with van der Waals surface area (Å²) < 4.78 is 27.9. The Balaban J connectivity index is 1.93. The van der Waals surface area contributed by atoms with Gasteiger partial charge in [0.05, 0.1) is 10.6 Å². The number of aromatic nitrogens is 2. The third-order valence-electron chi connectivity index (χ3n) is 4.35. The van der Waals surface area contributed by atoms with Crippen LogP contribution in [0.1, 0.15) is 5.56 Å². The lowest BCUT2D eigenvalue weighted by Crippen LogP contribution is -2.13. The molecule has 0 radical (unpaired) electrons. The van der Waals surface area contributed by atoms with E-state index in [9.17, 15) is 8.42 Å². The molecule has 0 aliphatic heterocycles. The van der Waals surface area contributed by atoms with Crippen molar-refractivity contribution in [3.63, 3.8) is 0 Å². The molecule has 0 bridgehead atoms. The van der Waals surface area contributed by atoms with E-state index in [-0.39, 0.29) is 4.90 Å². The van der Waals surface area contributed by atoms with Crippen molar-refractivity contribution in [2.24, 2.45) is 0 Å². The van der Waals surface area contributed by atoms with Crippen molar-refractivity contribution < 1.29 is 8.42 Å². The standard InChI is InChI=1S/C22H18N2O2S/c1-17-12-14-20(15-13-17)27(25,26)24-16-21(18-8-4-2-5-9-18)23-22(24)19-10-6-3-7-11-19/h2-16H,1H3. The minimum absolute atomic E-state index is 0.238. The fourth-order valence-electron chi connectivity index (χ4n) is 2.90. The number of hydrogen-bond donors (Lipinski definition) is 0. The summed E-state index contributed by atoms with van der Waals surface area (Å²) >= 11 is 0. The smallest absolute Gasteiger partial charge is 0.227 e. The zero-order valence-corrected chi connectivity index (χ0v) is 15.6. The molecule has 27 heavy (non-hydrogen) atoms. The maximum absolute atomic E-state index is 13.3. The van der Waals surface area contributed by atoms with Gasteiger partial charge >= 0.3 is 0 Å². The largest absolute Gasteiger partial charge is 0.269 e. The first kappa shape index (κ1) is 17.2. The second-order valence-electron chi connectivity index (χ2n) is 6.30. The van der Waals surface area contributed by atoms with E-state index in [1.54, 1.807) is 30.5 Å². The highest BCUT2D eigenvalue weighted by Gasteiger charge is 2.23. The molecule has 0 saturated heterocycles. The van der Waals surface area contributed by atoms with Gasteiger partial charge in [0.15, 0.2) is 5.82 Å². The Bertz CT molecular complexity index is 1160. The predicted octanol–water partition coefficient (Wildman–Crippen LogP) is 4.76. The van der Waals surface area contributed by atoms with Crippen LogP contribution in [0.15, 0.2) is 96.0 Å². The summed E-state index contributed by atoms with van der Waals surface area (Å²) in [5, 5.41) is 0. The summed E-state index contributed by atoms with van der Waals surface area (Å²) in [5.41, 5.74) is 3.24. The van der Waals surface area contributed by atoms with Gasteiger partial charge in [-0.1, -0.05) is 78.4 Å². The molecule has 0 aliphatic rings. The van der Waals surface area contributed by atoms with Gasteiger partial charge in [-0.25, -0.2) is 17.4 Å². The van der Waals surface area contributed by atoms with Crippen LogP contribution in [-0.2, 0) is 10.0 Å². The van der Waals surface area contributed by atoms with Crippen LogP contribution in [-0.4, -0.2) is 17.4 Å². The molecule has 0 amide bonds. The van der Waals surface area contributed by atoms with Gasteiger partial charge in [0.25, 0.3) is 10.0 Å². The highest BCUT2D eigenvalue weighted by molar-refractivity contribution is 7.90. The molecule has 134 valence electrons. The molecule has 0 aliphatic carbocycles. The molecule has 4 nitrogen and oxygen atoms in total. The van der Waals surface area contributed by atoms with Crippen LogP contribution in [0.2, 0.25) is 0 Å². The van der Waals surface area contributed by atoms with Gasteiger partial charge in [-0.05, 0) is 19.1 Å². The summed E-state index contributed by atoms with van der Waals surface area (Å²) in [6.07, 6.45) is 1.59. The van der Waals surface area contributed by atoms with E-state index < -0.39 is 10.0 Å². The molecule has 0 unspecified atom stereocenters. The maximum Gasteiger partial charge on any atom is 0.269 e. The van der Waals surface area contributed by atoms with Gasteiger partial charge in [0.1, 0.15) is 0 Å². The number of nitrogens with zero attached hydrogens (tertiary/aromatic N) is 2. The van der Waals surface area contributed by atoms with Crippen LogP contribution in [0, 0.1) is 6.92 Å². The lowest BCUT2D eigenvalue weighted by Gasteiger charge is -2.09. The van der Waals surface area contributed by atoms with Crippen molar-refractivity contribution in [3.8, 4) is 22.6 Å². The van der Waals surface area contributed by atoms with Crippen LogP contribution in [0.25, 0.3) is 22.6 Å². The minimum Gasteiger partial charge on any atom is -0.227 e. The summed E-state index contributed by atoms with van der Waals surface area (Å²) in [6.45, 7) is 1.93. The predicted molar refractivity (Wildman–Crippen MR) is 107 cm³/mol. The van der Waals surface area contributed by atoms with Gasteiger partial charge < -0.3 is 0 Å². The van der Waals surface area contributed by atoms with Crippen molar-refractivity contribution in [2.75, 3.05) is 0 Å². The molecular formula is C22H18N2O2S. The second kappa shape index (κ2) is 6.85. The molecule has 0 spiro atoms. The molecule has 4 aromatic rings. The highest BCUT2D eigenvalue weighted by atomic mass is 32.2. The van der Waals surface area contributed by atoms with Crippen LogP contribution >= 0.6 is 0 Å². The number of imidazole rings is 1. The van der Waals surface area contributed by atoms with E-state index in [0.717, 1.165) is 16.7 Å². The topological polar surface area (TPSA) is 52.0 Å². The Kier molecular flexibility index (Phi) is 4.38. The van der Waals surface area contributed by atoms with E-state index in [1.165, 1.54) is 3.97 Å². The Morgan fingerprint density at radius 2 is 1.30 bits per heavy atom. The number of hydrogen-bond acceptors (Lipinski definition) is 3. The van der Waals surface area contributed by atoms with Crippen LogP contribution in [0.4, 0.5) is 0 Å². The van der Waals surface area contributed by atoms with Crippen LogP contribution in [0.3, 0.4) is 0 Å². The van der Waals surface area contributed by atoms with Crippen molar-refractivity contribution in [2.45, 2.75) is 11.8 Å². The summed E-state index contributed by atoms with van der Waals surface area (Å²) in [7, 11) is -3.77. The first-order valence-electron chi connectivity index (χ1n) is 8.58. The third-order valence-corrected chi connectivity index (χ3v) is 6.02. The lowest BCUT2D eigenvalue weighted by molar-refractivity contribution is 0.588. The van der Waals surface area contributed by atoms with E-state index >= 15 is 0 Å². The van der Waals surface area contributed by atoms with Crippen molar-refractivity contribution in [3.05, 3.63) is 96.7 Å². The fraction of sp³-hybridized carbons (Fsp3) is 0.0455. The summed E-state index contributed by atoms with van der Waals surface area (Å²) in [4.78, 5) is 4.88. The molecule has 5 heteroatoms. The number of aryl methyl sites for hydroxylation is 1. The Morgan fingerprint density at radius 1 is 0.741 bits per heavy atom. The van der Waals surface area contributed by atoms with Gasteiger partial charge in [-0.3, -0.25) is 0 Å². The normalized spacial score (nSPS) is 11.4. The number of rotatable bonds is 4. The molecule has 4 rings (SSSR count). The SMILES string of the molecule is Cc1ccc(S(=O)(=O)n2cc(-c3ccccc3)nc2-c2ccccc2)cc1. The average molecular weight is 374 g/mol. The Morgan fingerprint density at radius 3 is 1.89 bits per heavy atom. The molecular weight excluding hydrogens is 356 g/mol. The minimum atomic E-state index is -3.77. The maximum atomic E-state index is 13.3. The highest BCUT2D eigenvalue weighted by Crippen LogP contribution is 2.28. The van der Waals surface area contributed by atoms with Crippen molar-refractivity contribution in [1.82, 2.24) is 8.96 Å². The van der Waals surface area contributed by atoms with Gasteiger partial charge in [0.2, 0.25) is 0 Å². The van der Waals surface area contributed by atoms with Crippen molar-refractivity contribution in [1.29, 1.82) is 0 Å². The monoisotopic (exact) mass is 374 g/mol. The average Bonchev–Trinajstić information content (AvgIpc) is 3.16. The van der Waals surface area contributed by atoms with Crippen molar-refractivity contribution >= 4 is 10.0 Å². The van der Waals surface area contributed by atoms with E-state index in [2.05, 4.69) is 4.98 Å². The Hall–Kier alpha value is -3.18. The molecule has 0 N–H and O–H groups in total. The molecule has 3 aromatic carbocycles. The van der Waals surface area contributed by atoms with Crippen LogP contribution < -0.4 is 0 Å². The molecule has 0 saturated carbocycles. The first-order valence-corrected chi connectivity index (χ1v) is 10.0. The van der Waals surface area contributed by atoms with E-state index in [1.807, 2.05) is 67.6 Å². The van der Waals surface area contributed by atoms with Gasteiger partial charge in [0, 0.05) is 17.3 Å². The summed E-state index contributed by atoms with van der Waals surface area (Å²) in [6, 6.07) is 25.8. The number of benzene rings is 3. The second-order valence-corrected chi connectivity index (χ2v) is 8.11. The van der Waals surface area contributed by atoms with E-state index in [0.29, 0.717) is 11.5 Å². The lowest BCUT2D eigenvalue weighted by atomic mass is 10.2. The van der Waals surface area contributed by atoms with Gasteiger partial charge in [-0.15, -0.1) is 0 Å². The molecule has 1 aromatic heterocycles. The van der Waals surface area contributed by atoms with Crippen LogP contribution in [0.5, 0.6) is 0 Å². The quantitative estimate of drug-likeness (QED) is 0.517. The zero-order chi connectivity index (χ0) is 18.9. The summed E-state index contributed by atoms with van der Waals surface area (Å²) in [5.74, 6) is 0.398. The zero-order valence-electron chi connectivity index (χ0n) is 14.8. The molecule has 0 fully saturated rings. The molecule has 0 atom stereocenters. The first-order chi connectivity index (χ1) is 13.1. The van der Waals surface area contributed by atoms with E-state index in [4.69, 9.17) is 0 Å². The Labute approximate surface area is 158 Å².